The third-order valence-corrected chi connectivity index (χ3v) is 5.81. The van der Waals surface area contributed by atoms with Crippen LogP contribution in [0.4, 0.5) is 13.9 Å². The second kappa shape index (κ2) is 6.28. The zero-order valence-electron chi connectivity index (χ0n) is 13.7. The van der Waals surface area contributed by atoms with E-state index < -0.39 is 23.3 Å². The van der Waals surface area contributed by atoms with Crippen molar-refractivity contribution >= 4 is 32.6 Å². The zero-order chi connectivity index (χ0) is 18.3. The van der Waals surface area contributed by atoms with Crippen LogP contribution in [0.1, 0.15) is 28.9 Å². The van der Waals surface area contributed by atoms with Gasteiger partial charge in [-0.1, -0.05) is 17.4 Å². The number of thiazole rings is 1. The summed E-state index contributed by atoms with van der Waals surface area (Å²) in [6.07, 6.45) is 0.981. The number of carbonyl (C=O) groups excluding carboxylic acids is 1. The summed E-state index contributed by atoms with van der Waals surface area (Å²) in [4.78, 5) is 20.1. The number of nitrogens with zero attached hydrogens (tertiary/aromatic N) is 2. The molecule has 2 aromatic heterocycles. The fourth-order valence-corrected chi connectivity index (χ4v) is 4.43. The average Bonchev–Trinajstić information content (AvgIpc) is 3.01. The van der Waals surface area contributed by atoms with Gasteiger partial charge < -0.3 is 11.1 Å². The van der Waals surface area contributed by atoms with E-state index in [1.807, 2.05) is 0 Å². The standard InChI is InChI=1S/C18H16F2N4OS/c19-10-7-18(8-10,15-12(20)4-2-6-22-15)9-23-17-24-13-5-1-3-11(16(21)25)14(13)26-17/h1-6,10H,7-9H2,(H2,21,25)(H,23,24). The minimum atomic E-state index is -0.963. The first-order valence-electron chi connectivity index (χ1n) is 8.17. The molecule has 1 amide bonds. The van der Waals surface area contributed by atoms with Crippen molar-refractivity contribution in [1.82, 2.24) is 9.97 Å². The first kappa shape index (κ1) is 16.8. The summed E-state index contributed by atoms with van der Waals surface area (Å²) in [5, 5.41) is 3.75. The Kier molecular flexibility index (Phi) is 4.07. The molecule has 8 heteroatoms. The number of halogens is 2. The summed E-state index contributed by atoms with van der Waals surface area (Å²) in [5.41, 5.74) is 6.04. The molecule has 3 aromatic rings. The SMILES string of the molecule is NC(=O)c1cccc2nc(NCC3(c4ncccc4F)CC(F)C3)sc12. The van der Waals surface area contributed by atoms with Crippen molar-refractivity contribution in [2.24, 2.45) is 5.73 Å². The van der Waals surface area contributed by atoms with Gasteiger partial charge in [-0.2, -0.15) is 0 Å². The zero-order valence-corrected chi connectivity index (χ0v) is 14.5. The highest BCUT2D eigenvalue weighted by atomic mass is 32.1. The van der Waals surface area contributed by atoms with Gasteiger partial charge in [0.15, 0.2) is 5.13 Å². The summed E-state index contributed by atoms with van der Waals surface area (Å²) in [6, 6.07) is 8.02. The lowest BCUT2D eigenvalue weighted by Crippen LogP contribution is -2.48. The fraction of sp³-hybridized carbons (Fsp3) is 0.278. The van der Waals surface area contributed by atoms with Crippen molar-refractivity contribution in [3.63, 3.8) is 0 Å². The Bertz CT molecular complexity index is 984. The maximum absolute atomic E-state index is 14.2. The quantitative estimate of drug-likeness (QED) is 0.717. The largest absolute Gasteiger partial charge is 0.366 e. The molecule has 0 spiro atoms. The summed E-state index contributed by atoms with van der Waals surface area (Å²) in [7, 11) is 0. The minimum Gasteiger partial charge on any atom is -0.366 e. The van der Waals surface area contributed by atoms with Crippen LogP contribution in [0, 0.1) is 5.82 Å². The number of alkyl halides is 1. The number of rotatable bonds is 5. The number of carbonyl (C=O) groups is 1. The number of nitrogens with one attached hydrogen (secondary N) is 1. The Morgan fingerprint density at radius 3 is 2.85 bits per heavy atom. The number of benzene rings is 1. The molecule has 1 aliphatic carbocycles. The normalized spacial score (nSPS) is 22.2. The number of anilines is 1. The van der Waals surface area contributed by atoms with Crippen LogP contribution in [-0.2, 0) is 5.41 Å². The fourth-order valence-electron chi connectivity index (χ4n) is 3.45. The van der Waals surface area contributed by atoms with E-state index in [1.165, 1.54) is 29.7 Å². The van der Waals surface area contributed by atoms with Crippen molar-refractivity contribution in [3.8, 4) is 0 Å². The lowest BCUT2D eigenvalue weighted by Gasteiger charge is -2.43. The third-order valence-electron chi connectivity index (χ3n) is 4.74. The Labute approximate surface area is 152 Å². The molecule has 1 saturated carbocycles. The average molecular weight is 374 g/mol. The molecule has 4 rings (SSSR count). The van der Waals surface area contributed by atoms with Crippen molar-refractivity contribution < 1.29 is 13.6 Å². The van der Waals surface area contributed by atoms with E-state index in [0.29, 0.717) is 27.5 Å². The first-order valence-corrected chi connectivity index (χ1v) is 8.98. The van der Waals surface area contributed by atoms with E-state index in [1.54, 1.807) is 18.2 Å². The van der Waals surface area contributed by atoms with Crippen LogP contribution in [0.5, 0.6) is 0 Å². The topological polar surface area (TPSA) is 80.9 Å². The number of amides is 1. The molecule has 2 heterocycles. The molecule has 1 aromatic carbocycles. The van der Waals surface area contributed by atoms with E-state index in [-0.39, 0.29) is 18.5 Å². The monoisotopic (exact) mass is 374 g/mol. The lowest BCUT2D eigenvalue weighted by molar-refractivity contribution is 0.0964. The summed E-state index contributed by atoms with van der Waals surface area (Å²) < 4.78 is 28.5. The molecule has 5 nitrogen and oxygen atoms in total. The molecule has 0 saturated heterocycles. The molecular weight excluding hydrogens is 358 g/mol. The molecule has 0 aliphatic heterocycles. The predicted molar refractivity (Wildman–Crippen MR) is 96.6 cm³/mol. The summed E-state index contributed by atoms with van der Waals surface area (Å²) in [6.45, 7) is 0.313. The number of primary amides is 1. The van der Waals surface area contributed by atoms with Crippen LogP contribution in [-0.4, -0.2) is 28.6 Å². The first-order chi connectivity index (χ1) is 12.5. The van der Waals surface area contributed by atoms with E-state index >= 15 is 0 Å². The minimum absolute atomic E-state index is 0.214. The molecule has 0 unspecified atom stereocenters. The Hall–Kier alpha value is -2.61. The summed E-state index contributed by atoms with van der Waals surface area (Å²) in [5.74, 6) is -0.946. The number of hydrogen-bond donors (Lipinski definition) is 2. The molecule has 1 fully saturated rings. The maximum Gasteiger partial charge on any atom is 0.250 e. The van der Waals surface area contributed by atoms with Crippen molar-refractivity contribution in [2.75, 3.05) is 11.9 Å². The Morgan fingerprint density at radius 1 is 1.35 bits per heavy atom. The van der Waals surface area contributed by atoms with E-state index in [9.17, 15) is 13.6 Å². The van der Waals surface area contributed by atoms with Gasteiger partial charge in [-0.25, -0.2) is 13.8 Å². The van der Waals surface area contributed by atoms with Gasteiger partial charge in [0.25, 0.3) is 0 Å². The highest BCUT2D eigenvalue weighted by Crippen LogP contribution is 2.46. The second-order valence-electron chi connectivity index (χ2n) is 6.51. The molecule has 26 heavy (non-hydrogen) atoms. The van der Waals surface area contributed by atoms with Crippen LogP contribution in [0.2, 0.25) is 0 Å². The van der Waals surface area contributed by atoms with Gasteiger partial charge in [0, 0.05) is 18.2 Å². The predicted octanol–water partition coefficient (Wildman–Crippen LogP) is 3.41. The Balaban J connectivity index is 1.61. The van der Waals surface area contributed by atoms with Gasteiger partial charge >= 0.3 is 0 Å². The molecule has 3 N–H and O–H groups in total. The van der Waals surface area contributed by atoms with Gasteiger partial charge in [-0.15, -0.1) is 0 Å². The van der Waals surface area contributed by atoms with Crippen molar-refractivity contribution in [3.05, 3.63) is 53.6 Å². The lowest BCUT2D eigenvalue weighted by atomic mass is 9.65. The van der Waals surface area contributed by atoms with Gasteiger partial charge in [0.2, 0.25) is 5.91 Å². The van der Waals surface area contributed by atoms with E-state index in [2.05, 4.69) is 15.3 Å². The maximum atomic E-state index is 14.2. The van der Waals surface area contributed by atoms with E-state index in [4.69, 9.17) is 5.73 Å². The highest BCUT2D eigenvalue weighted by molar-refractivity contribution is 7.22. The molecule has 0 radical (unpaired) electrons. The molecule has 0 atom stereocenters. The van der Waals surface area contributed by atoms with Gasteiger partial charge in [-0.05, 0) is 37.1 Å². The van der Waals surface area contributed by atoms with Gasteiger partial charge in [0.1, 0.15) is 12.0 Å². The number of hydrogen-bond acceptors (Lipinski definition) is 5. The molecule has 1 aliphatic rings. The molecule has 134 valence electrons. The number of fused-ring (bicyclic) bond motifs is 1. The van der Waals surface area contributed by atoms with Crippen LogP contribution < -0.4 is 11.1 Å². The van der Waals surface area contributed by atoms with Gasteiger partial charge in [-0.3, -0.25) is 9.78 Å². The van der Waals surface area contributed by atoms with Crippen molar-refractivity contribution in [1.29, 1.82) is 0 Å². The highest BCUT2D eigenvalue weighted by Gasteiger charge is 2.48. The third kappa shape index (κ3) is 2.80. The van der Waals surface area contributed by atoms with Crippen LogP contribution in [0.3, 0.4) is 0 Å². The number of aromatic nitrogens is 2. The Morgan fingerprint density at radius 2 is 2.15 bits per heavy atom. The van der Waals surface area contributed by atoms with E-state index in [0.717, 1.165) is 0 Å². The molecule has 0 bridgehead atoms. The number of nitrogens with two attached hydrogens (primary N) is 1. The van der Waals surface area contributed by atoms with Gasteiger partial charge in [0.05, 0.1) is 21.5 Å². The smallest absolute Gasteiger partial charge is 0.250 e. The number of pyridine rings is 1. The van der Waals surface area contributed by atoms with Crippen molar-refractivity contribution in [2.45, 2.75) is 24.4 Å². The second-order valence-corrected chi connectivity index (χ2v) is 7.51. The van der Waals surface area contributed by atoms with Crippen LogP contribution in [0.15, 0.2) is 36.5 Å². The van der Waals surface area contributed by atoms with Crippen LogP contribution in [0.25, 0.3) is 10.2 Å². The molecular formula is C18H16F2N4OS. The summed E-state index contributed by atoms with van der Waals surface area (Å²) >= 11 is 1.30. The van der Waals surface area contributed by atoms with Crippen LogP contribution >= 0.6 is 11.3 Å².